The summed E-state index contributed by atoms with van der Waals surface area (Å²) >= 11 is 0. The van der Waals surface area contributed by atoms with Crippen LogP contribution in [0.3, 0.4) is 0 Å². The van der Waals surface area contributed by atoms with Crippen LogP contribution in [0.15, 0.2) is 36.5 Å². The van der Waals surface area contributed by atoms with Crippen molar-refractivity contribution in [2.75, 3.05) is 14.1 Å². The number of carbonyl (C=O) groups is 2. The van der Waals surface area contributed by atoms with Gasteiger partial charge in [-0.05, 0) is 11.6 Å². The van der Waals surface area contributed by atoms with E-state index in [-0.39, 0.29) is 11.3 Å². The van der Waals surface area contributed by atoms with E-state index < -0.39 is 35.6 Å². The lowest BCUT2D eigenvalue weighted by molar-refractivity contribution is -0.139. The maximum atomic E-state index is 13.2. The molecule has 8 heteroatoms. The van der Waals surface area contributed by atoms with Gasteiger partial charge < -0.3 is 15.5 Å². The highest BCUT2D eigenvalue weighted by molar-refractivity contribution is 5.88. The topological polar surface area (TPSA) is 61.4 Å². The molecule has 5 nitrogen and oxygen atoms in total. The van der Waals surface area contributed by atoms with Gasteiger partial charge >= 0.3 is 12.2 Å². The first-order chi connectivity index (χ1) is 10.6. The highest BCUT2D eigenvalue weighted by atomic mass is 19.4. The van der Waals surface area contributed by atoms with E-state index in [1.54, 1.807) is 0 Å². The largest absolute Gasteiger partial charge is 0.416 e. The molecule has 0 bridgehead atoms. The maximum Gasteiger partial charge on any atom is 0.416 e. The van der Waals surface area contributed by atoms with Crippen LogP contribution in [-0.4, -0.2) is 30.9 Å². The molecule has 0 radical (unpaired) electrons. The number of nitrogens with one attached hydrogen (secondary N) is 2. The summed E-state index contributed by atoms with van der Waals surface area (Å²) in [4.78, 5) is 25.3. The molecule has 0 saturated carbocycles. The minimum atomic E-state index is -4.60. The van der Waals surface area contributed by atoms with Gasteiger partial charge in [0.1, 0.15) is 5.92 Å². The molecule has 0 aliphatic carbocycles. The molecule has 1 fully saturated rings. The Morgan fingerprint density at radius 3 is 2.43 bits per heavy atom. The molecule has 1 aliphatic heterocycles. The predicted octanol–water partition coefficient (Wildman–Crippen LogP) is 2.28. The number of urea groups is 1. The van der Waals surface area contributed by atoms with Crippen molar-refractivity contribution in [2.45, 2.75) is 12.2 Å². The molecule has 1 aromatic rings. The summed E-state index contributed by atoms with van der Waals surface area (Å²) < 4.78 is 39.7. The van der Waals surface area contributed by atoms with Gasteiger partial charge in [0, 0.05) is 19.8 Å². The summed E-state index contributed by atoms with van der Waals surface area (Å²) in [5.41, 5.74) is -0.998. The molecule has 2 atom stereocenters. The molecule has 23 heavy (non-hydrogen) atoms. The van der Waals surface area contributed by atoms with Gasteiger partial charge in [-0.15, -0.1) is 0 Å². The summed E-state index contributed by atoms with van der Waals surface area (Å²) in [6, 6.07) is 3.01. The molecular weight excluding hydrogens is 311 g/mol. The number of hydrogen-bond donors (Lipinski definition) is 2. The van der Waals surface area contributed by atoms with Crippen molar-refractivity contribution in [3.63, 3.8) is 0 Å². The zero-order valence-corrected chi connectivity index (χ0v) is 12.6. The number of amides is 3. The average molecular weight is 327 g/mol. The molecule has 0 aromatic heterocycles. The van der Waals surface area contributed by atoms with Crippen molar-refractivity contribution in [2.24, 2.45) is 5.92 Å². The number of rotatable bonds is 2. The molecule has 1 aromatic carbocycles. The molecular formula is C15H16F3N3O2. The van der Waals surface area contributed by atoms with Crippen molar-refractivity contribution in [3.05, 3.63) is 47.7 Å². The molecule has 124 valence electrons. The third-order valence-electron chi connectivity index (χ3n) is 3.58. The van der Waals surface area contributed by atoms with E-state index >= 15 is 0 Å². The summed E-state index contributed by atoms with van der Waals surface area (Å²) in [5.74, 6) is -1.49. The van der Waals surface area contributed by atoms with Crippen LogP contribution in [0.4, 0.5) is 18.0 Å². The SMILES string of the molecule is C=C1NC(=O)N[C@H](c2ccccc2C(F)(F)F)[C@@H]1C(=O)N(C)C. The molecule has 3 amide bonds. The lowest BCUT2D eigenvalue weighted by Crippen LogP contribution is -2.53. The minimum absolute atomic E-state index is 0.0643. The minimum Gasteiger partial charge on any atom is -0.348 e. The second-order valence-corrected chi connectivity index (χ2v) is 5.40. The van der Waals surface area contributed by atoms with E-state index in [4.69, 9.17) is 0 Å². The van der Waals surface area contributed by atoms with Gasteiger partial charge in [-0.2, -0.15) is 13.2 Å². The zero-order chi connectivity index (χ0) is 17.4. The number of alkyl halides is 3. The first-order valence-electron chi connectivity index (χ1n) is 6.76. The van der Waals surface area contributed by atoms with Crippen molar-refractivity contribution in [1.82, 2.24) is 15.5 Å². The Morgan fingerprint density at radius 2 is 1.87 bits per heavy atom. The molecule has 1 saturated heterocycles. The van der Waals surface area contributed by atoms with Crippen molar-refractivity contribution in [3.8, 4) is 0 Å². The monoisotopic (exact) mass is 327 g/mol. The third kappa shape index (κ3) is 3.30. The van der Waals surface area contributed by atoms with Gasteiger partial charge in [0.25, 0.3) is 0 Å². The highest BCUT2D eigenvalue weighted by Crippen LogP contribution is 2.39. The molecule has 2 N–H and O–H groups in total. The Hall–Kier alpha value is -2.51. The molecule has 1 heterocycles. The van der Waals surface area contributed by atoms with Crippen molar-refractivity contribution < 1.29 is 22.8 Å². The second kappa shape index (κ2) is 5.94. The van der Waals surface area contributed by atoms with Crippen molar-refractivity contribution in [1.29, 1.82) is 0 Å². The number of carbonyl (C=O) groups excluding carboxylic acids is 2. The lowest BCUT2D eigenvalue weighted by Gasteiger charge is -2.36. The van der Waals surface area contributed by atoms with Crippen LogP contribution in [0, 0.1) is 5.92 Å². The van der Waals surface area contributed by atoms with Crippen molar-refractivity contribution >= 4 is 11.9 Å². The van der Waals surface area contributed by atoms with E-state index in [2.05, 4.69) is 17.2 Å². The number of nitrogens with zero attached hydrogens (tertiary/aromatic N) is 1. The van der Waals surface area contributed by atoms with Crippen LogP contribution < -0.4 is 10.6 Å². The van der Waals surface area contributed by atoms with Gasteiger partial charge in [-0.3, -0.25) is 4.79 Å². The highest BCUT2D eigenvalue weighted by Gasteiger charge is 2.43. The van der Waals surface area contributed by atoms with Gasteiger partial charge in [-0.25, -0.2) is 4.79 Å². The first kappa shape index (κ1) is 16.9. The zero-order valence-electron chi connectivity index (χ0n) is 12.6. The van der Waals surface area contributed by atoms with E-state index in [1.807, 2.05) is 0 Å². The van der Waals surface area contributed by atoms with E-state index in [0.29, 0.717) is 0 Å². The molecule has 0 spiro atoms. The smallest absolute Gasteiger partial charge is 0.348 e. The number of benzene rings is 1. The van der Waals surface area contributed by atoms with Crippen LogP contribution in [0.5, 0.6) is 0 Å². The van der Waals surface area contributed by atoms with Crippen LogP contribution in [0.2, 0.25) is 0 Å². The summed E-state index contributed by atoms with van der Waals surface area (Å²) in [6.07, 6.45) is -4.60. The Balaban J connectivity index is 2.56. The first-order valence-corrected chi connectivity index (χ1v) is 6.76. The number of hydrogen-bond acceptors (Lipinski definition) is 2. The Labute approximate surface area is 131 Å². The summed E-state index contributed by atoms with van der Waals surface area (Å²) in [5, 5.41) is 4.75. The Morgan fingerprint density at radius 1 is 1.26 bits per heavy atom. The maximum absolute atomic E-state index is 13.2. The molecule has 0 unspecified atom stereocenters. The van der Waals surface area contributed by atoms with Gasteiger partial charge in [0.15, 0.2) is 0 Å². The second-order valence-electron chi connectivity index (χ2n) is 5.40. The standard InChI is InChI=1S/C15H16F3N3O2/c1-8-11(13(22)21(2)3)12(20-14(23)19-8)9-6-4-5-7-10(9)15(16,17)18/h4-7,11-12H,1H2,2-3H3,(H2,19,20,23)/t11-,12-/m1/s1. The van der Waals surface area contributed by atoms with Gasteiger partial charge in [-0.1, -0.05) is 24.8 Å². The fraction of sp³-hybridized carbons (Fsp3) is 0.333. The van der Waals surface area contributed by atoms with Gasteiger partial charge in [0.05, 0.1) is 11.6 Å². The fourth-order valence-corrected chi connectivity index (χ4v) is 2.54. The van der Waals surface area contributed by atoms with Gasteiger partial charge in [0.2, 0.25) is 5.91 Å². The number of halogens is 3. The van der Waals surface area contributed by atoms with Crippen LogP contribution >= 0.6 is 0 Å². The normalized spacial score (nSPS) is 21.4. The van der Waals surface area contributed by atoms with E-state index in [1.165, 1.54) is 37.2 Å². The molecule has 1 aliphatic rings. The van der Waals surface area contributed by atoms with Crippen LogP contribution in [0.1, 0.15) is 17.2 Å². The van der Waals surface area contributed by atoms with E-state index in [0.717, 1.165) is 6.07 Å². The quantitative estimate of drug-likeness (QED) is 0.875. The van der Waals surface area contributed by atoms with Crippen LogP contribution in [-0.2, 0) is 11.0 Å². The predicted molar refractivity (Wildman–Crippen MR) is 77.2 cm³/mol. The lowest BCUT2D eigenvalue weighted by atomic mass is 9.85. The Bertz CT molecular complexity index is 656. The fourth-order valence-electron chi connectivity index (χ4n) is 2.54. The van der Waals surface area contributed by atoms with Crippen LogP contribution in [0.25, 0.3) is 0 Å². The average Bonchev–Trinajstić information content (AvgIpc) is 2.44. The summed E-state index contributed by atoms with van der Waals surface area (Å²) in [6.45, 7) is 3.62. The van der Waals surface area contributed by atoms with E-state index in [9.17, 15) is 22.8 Å². The summed E-state index contributed by atoms with van der Waals surface area (Å²) in [7, 11) is 2.97. The Kier molecular flexibility index (Phi) is 4.35. The molecule has 2 rings (SSSR count). The third-order valence-corrected chi connectivity index (χ3v) is 3.58.